The molecule has 2 heterocycles. The molecule has 4 heteroatoms. The number of furan rings is 1. The van der Waals surface area contributed by atoms with Gasteiger partial charge in [0.1, 0.15) is 17.8 Å². The van der Waals surface area contributed by atoms with Crippen LogP contribution < -0.4 is 5.32 Å². The third-order valence-corrected chi connectivity index (χ3v) is 8.79. The van der Waals surface area contributed by atoms with E-state index in [1.807, 2.05) is 6.07 Å². The van der Waals surface area contributed by atoms with Gasteiger partial charge in [0.15, 0.2) is 0 Å². The number of fused-ring (bicyclic) bond motifs is 2. The summed E-state index contributed by atoms with van der Waals surface area (Å²) in [5.74, 6) is 2.75. The molecule has 7 atom stereocenters. The smallest absolute Gasteiger partial charge is 0.315 e. The van der Waals surface area contributed by atoms with E-state index < -0.39 is 0 Å². The minimum Gasteiger partial charge on any atom is -0.469 e. The lowest BCUT2D eigenvalue weighted by molar-refractivity contribution is -0.702. The average Bonchev–Trinajstić information content (AvgIpc) is 3.33. The Balaban J connectivity index is 1.28. The number of hydrogen-bond donors (Lipinski definition) is 1. The molecule has 0 aromatic carbocycles. The third-order valence-electron chi connectivity index (χ3n) is 8.79. The number of hydrogen-bond acceptors (Lipinski definition) is 3. The lowest BCUT2D eigenvalue weighted by atomic mass is 9.59. The molecule has 0 unspecified atom stereocenters. The van der Waals surface area contributed by atoms with E-state index in [0.717, 1.165) is 25.1 Å². The maximum Gasteiger partial charge on any atom is 0.315 e. The number of ether oxygens (including phenoxy) is 1. The van der Waals surface area contributed by atoms with Crippen molar-refractivity contribution in [1.29, 1.82) is 0 Å². The first kappa shape index (κ1) is 20.4. The number of quaternary nitrogens is 1. The molecule has 1 aromatic rings. The molecular weight excluding hydrogens is 374 g/mol. The standard InChI is InChI=1S/C26H37NO3/c1-17-7-5-11-26(2)15-24-20(14-22(17)26)21(25(28)30-24)16-27-23-10-4-3-8-18(23)13-19-9-6-12-29-19/h6,9,12,14,17-18,20-21,23-24,27H,3-5,7-8,10-11,13,15-16H2,1-2H3/p+1/t17-,18+,20-,21+,23+,24-,26-/m1/s1. The van der Waals surface area contributed by atoms with Crippen LogP contribution in [0.25, 0.3) is 0 Å². The zero-order valence-electron chi connectivity index (χ0n) is 18.6. The van der Waals surface area contributed by atoms with E-state index >= 15 is 0 Å². The van der Waals surface area contributed by atoms with Gasteiger partial charge in [0.25, 0.3) is 0 Å². The monoisotopic (exact) mass is 412 g/mol. The number of rotatable bonds is 5. The highest BCUT2D eigenvalue weighted by Gasteiger charge is 2.52. The molecule has 4 aliphatic rings. The second-order valence-corrected chi connectivity index (χ2v) is 10.8. The molecule has 0 amide bonds. The molecule has 1 aliphatic heterocycles. The van der Waals surface area contributed by atoms with Gasteiger partial charge in [0, 0.05) is 18.3 Å². The molecule has 4 nitrogen and oxygen atoms in total. The van der Waals surface area contributed by atoms with E-state index in [2.05, 4.69) is 31.3 Å². The Morgan fingerprint density at radius 3 is 2.90 bits per heavy atom. The average molecular weight is 413 g/mol. The number of allylic oxidation sites excluding steroid dienone is 1. The Labute approximate surface area is 180 Å². The van der Waals surface area contributed by atoms with E-state index in [0.29, 0.717) is 17.9 Å². The predicted molar refractivity (Wildman–Crippen MR) is 116 cm³/mol. The largest absolute Gasteiger partial charge is 0.469 e. The van der Waals surface area contributed by atoms with Crippen molar-refractivity contribution < 1.29 is 19.3 Å². The second kappa shape index (κ2) is 8.18. The number of carbonyl (C=O) groups excluding carboxylic acids is 1. The van der Waals surface area contributed by atoms with Crippen molar-refractivity contribution in [2.24, 2.45) is 29.1 Å². The van der Waals surface area contributed by atoms with Crippen LogP contribution in [0.2, 0.25) is 0 Å². The van der Waals surface area contributed by atoms with Crippen molar-refractivity contribution in [3.63, 3.8) is 0 Å². The van der Waals surface area contributed by atoms with Crippen molar-refractivity contribution in [2.45, 2.75) is 83.8 Å². The molecule has 3 aliphatic carbocycles. The zero-order chi connectivity index (χ0) is 20.7. The van der Waals surface area contributed by atoms with Crippen LogP contribution in [-0.2, 0) is 16.0 Å². The minimum absolute atomic E-state index is 0.0207. The molecular formula is C26H38NO3+. The number of esters is 1. The third kappa shape index (κ3) is 3.77. The van der Waals surface area contributed by atoms with Gasteiger partial charge in [-0.05, 0) is 62.0 Å². The summed E-state index contributed by atoms with van der Waals surface area (Å²) in [4.78, 5) is 12.9. The first-order chi connectivity index (χ1) is 14.5. The van der Waals surface area contributed by atoms with Crippen LogP contribution in [0.1, 0.15) is 71.0 Å². The van der Waals surface area contributed by atoms with Gasteiger partial charge in [0.2, 0.25) is 0 Å². The van der Waals surface area contributed by atoms with E-state index in [1.165, 1.54) is 44.9 Å². The fourth-order valence-electron chi connectivity index (χ4n) is 7.12. The van der Waals surface area contributed by atoms with Crippen molar-refractivity contribution >= 4 is 5.97 Å². The van der Waals surface area contributed by atoms with E-state index in [4.69, 9.17) is 9.15 Å². The molecule has 5 rings (SSSR count). The molecule has 0 spiro atoms. The van der Waals surface area contributed by atoms with Crippen LogP contribution in [0, 0.1) is 29.1 Å². The first-order valence-electron chi connectivity index (χ1n) is 12.3. The fourth-order valence-corrected chi connectivity index (χ4v) is 7.12. The molecule has 1 saturated heterocycles. The maximum absolute atomic E-state index is 12.9. The summed E-state index contributed by atoms with van der Waals surface area (Å²) in [7, 11) is 0. The zero-order valence-corrected chi connectivity index (χ0v) is 18.6. The highest BCUT2D eigenvalue weighted by molar-refractivity contribution is 5.76. The highest BCUT2D eigenvalue weighted by Crippen LogP contribution is 2.53. The summed E-state index contributed by atoms with van der Waals surface area (Å²) in [6.07, 6.45) is 15.4. The van der Waals surface area contributed by atoms with Crippen LogP contribution in [-0.4, -0.2) is 24.7 Å². The molecule has 0 bridgehead atoms. The van der Waals surface area contributed by atoms with Crippen molar-refractivity contribution in [3.05, 3.63) is 35.8 Å². The quantitative estimate of drug-likeness (QED) is 0.581. The van der Waals surface area contributed by atoms with Crippen LogP contribution >= 0.6 is 0 Å². The van der Waals surface area contributed by atoms with E-state index in [-0.39, 0.29) is 29.3 Å². The maximum atomic E-state index is 12.9. The minimum atomic E-state index is 0.0207. The summed E-state index contributed by atoms with van der Waals surface area (Å²) in [5.41, 5.74) is 1.86. The molecule has 0 radical (unpaired) electrons. The van der Waals surface area contributed by atoms with Gasteiger partial charge in [-0.1, -0.05) is 38.3 Å². The van der Waals surface area contributed by atoms with Gasteiger partial charge in [-0.2, -0.15) is 0 Å². The van der Waals surface area contributed by atoms with Gasteiger partial charge in [-0.15, -0.1) is 0 Å². The first-order valence-corrected chi connectivity index (χ1v) is 12.3. The van der Waals surface area contributed by atoms with Crippen molar-refractivity contribution in [1.82, 2.24) is 0 Å². The summed E-state index contributed by atoms with van der Waals surface area (Å²) in [6, 6.07) is 4.68. The Morgan fingerprint density at radius 2 is 2.07 bits per heavy atom. The topological polar surface area (TPSA) is 56.0 Å². The van der Waals surface area contributed by atoms with Crippen LogP contribution in [0.15, 0.2) is 34.5 Å². The number of carbonyl (C=O) groups is 1. The molecule has 164 valence electrons. The lowest BCUT2D eigenvalue weighted by Crippen LogP contribution is -2.93. The normalized spacial score (nSPS) is 41.0. The van der Waals surface area contributed by atoms with E-state index in [9.17, 15) is 4.79 Å². The molecule has 2 saturated carbocycles. The molecule has 30 heavy (non-hydrogen) atoms. The summed E-state index contributed by atoms with van der Waals surface area (Å²) in [5, 5.41) is 2.48. The van der Waals surface area contributed by atoms with Gasteiger partial charge >= 0.3 is 5.97 Å². The van der Waals surface area contributed by atoms with E-state index in [1.54, 1.807) is 11.8 Å². The van der Waals surface area contributed by atoms with Crippen molar-refractivity contribution in [2.75, 3.05) is 6.54 Å². The number of nitrogens with two attached hydrogens (primary N) is 1. The summed E-state index contributed by atoms with van der Waals surface area (Å²) in [6.45, 7) is 5.65. The van der Waals surface area contributed by atoms with Gasteiger partial charge in [-0.3, -0.25) is 4.79 Å². The Kier molecular flexibility index (Phi) is 5.55. The van der Waals surface area contributed by atoms with Gasteiger partial charge in [-0.25, -0.2) is 0 Å². The Bertz CT molecular complexity index is 784. The summed E-state index contributed by atoms with van der Waals surface area (Å²) < 4.78 is 11.6. The Hall–Kier alpha value is -1.55. The SMILES string of the molecule is C[C@@H]1CCC[C@]2(C)C[C@H]3OC(=O)[C@@H](C[NH2+][C@H]4CCCC[C@H]4Cc4ccco4)[C@H]3C=C12. The predicted octanol–water partition coefficient (Wildman–Crippen LogP) is 4.26. The van der Waals surface area contributed by atoms with Crippen LogP contribution in [0.5, 0.6) is 0 Å². The summed E-state index contributed by atoms with van der Waals surface area (Å²) >= 11 is 0. The lowest BCUT2D eigenvalue weighted by Gasteiger charge is -2.45. The molecule has 2 N–H and O–H groups in total. The van der Waals surface area contributed by atoms with Gasteiger partial charge in [0.05, 0.1) is 18.8 Å². The van der Waals surface area contributed by atoms with Crippen molar-refractivity contribution in [3.8, 4) is 0 Å². The highest BCUT2D eigenvalue weighted by atomic mass is 16.6. The van der Waals surface area contributed by atoms with Crippen LogP contribution in [0.4, 0.5) is 0 Å². The van der Waals surface area contributed by atoms with Crippen LogP contribution in [0.3, 0.4) is 0 Å². The Morgan fingerprint density at radius 1 is 1.20 bits per heavy atom. The molecule has 3 fully saturated rings. The van der Waals surface area contributed by atoms with Gasteiger partial charge < -0.3 is 14.5 Å². The second-order valence-electron chi connectivity index (χ2n) is 10.8. The molecule has 1 aromatic heterocycles. The fraction of sp³-hybridized carbons (Fsp3) is 0.731.